The largest absolute Gasteiger partial charge is 0.327 e. The molecule has 19 heavy (non-hydrogen) atoms. The molecule has 0 spiro atoms. The van der Waals surface area contributed by atoms with Crippen LogP contribution >= 0.6 is 15.9 Å². The van der Waals surface area contributed by atoms with E-state index in [4.69, 9.17) is 5.73 Å². The maximum atomic E-state index is 12.7. The van der Waals surface area contributed by atoms with Crippen LogP contribution in [0, 0.1) is 0 Å². The highest BCUT2D eigenvalue weighted by Crippen LogP contribution is 2.28. The highest BCUT2D eigenvalue weighted by molar-refractivity contribution is 9.10. The number of halogens is 1. The molecule has 0 radical (unpaired) electrons. The van der Waals surface area contributed by atoms with Crippen LogP contribution in [0.4, 0.5) is 0 Å². The van der Waals surface area contributed by atoms with E-state index in [9.17, 15) is 8.42 Å². The summed E-state index contributed by atoms with van der Waals surface area (Å²) in [6.45, 7) is 0. The molecule has 3 nitrogen and oxygen atoms in total. The first-order valence-corrected chi connectivity index (χ1v) is 9.11. The summed E-state index contributed by atoms with van der Waals surface area (Å²) in [5.41, 5.74) is 6.12. The van der Waals surface area contributed by atoms with Crippen molar-refractivity contribution in [3.05, 3.63) is 28.7 Å². The molecule has 2 rings (SSSR count). The molecule has 1 aliphatic carbocycles. The summed E-state index contributed by atoms with van der Waals surface area (Å²) in [6.07, 6.45) is 5.74. The molecule has 0 bridgehead atoms. The first-order chi connectivity index (χ1) is 9.01. The Labute approximate surface area is 123 Å². The number of benzene rings is 1. The second-order valence-electron chi connectivity index (χ2n) is 5.20. The van der Waals surface area contributed by atoms with Crippen LogP contribution in [0.2, 0.25) is 0 Å². The Kier molecular flexibility index (Phi) is 5.03. The number of rotatable bonds is 2. The minimum atomic E-state index is -3.33. The van der Waals surface area contributed by atoms with Crippen molar-refractivity contribution in [3.8, 4) is 0 Å². The third-order valence-electron chi connectivity index (χ3n) is 3.78. The highest BCUT2D eigenvalue weighted by Gasteiger charge is 2.32. The normalized spacial score (nSPS) is 25.6. The van der Waals surface area contributed by atoms with Crippen LogP contribution in [-0.4, -0.2) is 19.7 Å². The summed E-state index contributed by atoms with van der Waals surface area (Å²) in [5, 5.41) is -0.443. The lowest BCUT2D eigenvalue weighted by Gasteiger charge is -2.26. The van der Waals surface area contributed by atoms with Gasteiger partial charge in [-0.25, -0.2) is 8.42 Å². The van der Waals surface area contributed by atoms with E-state index in [2.05, 4.69) is 15.9 Å². The smallest absolute Gasteiger partial charge is 0.182 e. The van der Waals surface area contributed by atoms with Crippen molar-refractivity contribution in [2.75, 3.05) is 0 Å². The second-order valence-corrected chi connectivity index (χ2v) is 8.28. The van der Waals surface area contributed by atoms with Gasteiger partial charge in [-0.05, 0) is 31.0 Å². The minimum absolute atomic E-state index is 0.246. The number of hydrogen-bond donors (Lipinski definition) is 1. The second kappa shape index (κ2) is 6.37. The van der Waals surface area contributed by atoms with Crippen LogP contribution in [-0.2, 0) is 9.84 Å². The van der Waals surface area contributed by atoms with Gasteiger partial charge in [0.05, 0.1) is 10.1 Å². The van der Waals surface area contributed by atoms with Gasteiger partial charge < -0.3 is 5.73 Å². The third kappa shape index (κ3) is 3.58. The van der Waals surface area contributed by atoms with Gasteiger partial charge in [0.15, 0.2) is 9.84 Å². The van der Waals surface area contributed by atoms with E-state index >= 15 is 0 Å². The van der Waals surface area contributed by atoms with Crippen LogP contribution in [0.1, 0.15) is 38.5 Å². The molecule has 106 valence electrons. The molecule has 1 aromatic rings. The number of hydrogen-bond acceptors (Lipinski definition) is 3. The van der Waals surface area contributed by atoms with Gasteiger partial charge in [0.25, 0.3) is 0 Å². The lowest BCUT2D eigenvalue weighted by Crippen LogP contribution is -2.41. The van der Waals surface area contributed by atoms with Crippen molar-refractivity contribution in [1.29, 1.82) is 0 Å². The predicted octanol–water partition coefficient (Wildman–Crippen LogP) is 3.27. The van der Waals surface area contributed by atoms with Crippen molar-refractivity contribution in [1.82, 2.24) is 0 Å². The molecule has 5 heteroatoms. The molecule has 0 aliphatic heterocycles. The lowest BCUT2D eigenvalue weighted by molar-refractivity contribution is 0.444. The van der Waals surface area contributed by atoms with Crippen LogP contribution < -0.4 is 5.73 Å². The first kappa shape index (κ1) is 15.0. The van der Waals surface area contributed by atoms with Gasteiger partial charge in [-0.1, -0.05) is 47.7 Å². The van der Waals surface area contributed by atoms with E-state index in [-0.39, 0.29) is 6.04 Å². The Morgan fingerprint density at radius 2 is 1.79 bits per heavy atom. The molecule has 1 aliphatic rings. The molecule has 0 saturated heterocycles. The summed E-state index contributed by atoms with van der Waals surface area (Å²) in [7, 11) is -3.33. The van der Waals surface area contributed by atoms with E-state index in [0.29, 0.717) is 11.3 Å². The Balaban J connectivity index is 2.31. The van der Waals surface area contributed by atoms with E-state index < -0.39 is 15.1 Å². The zero-order valence-corrected chi connectivity index (χ0v) is 13.3. The molecular formula is C14H20BrNO2S. The summed E-state index contributed by atoms with van der Waals surface area (Å²) in [5.74, 6) is 0. The fourth-order valence-electron chi connectivity index (χ4n) is 2.68. The summed E-state index contributed by atoms with van der Waals surface area (Å²) < 4.78 is 26.2. The zero-order valence-electron chi connectivity index (χ0n) is 10.9. The van der Waals surface area contributed by atoms with Crippen molar-refractivity contribution < 1.29 is 8.42 Å². The quantitative estimate of drug-likeness (QED) is 0.894. The molecule has 0 heterocycles. The standard InChI is InChI=1S/C14H20BrNO2S/c15-11-6-5-7-12(10-11)19(17,18)14-9-4-2-1-3-8-13(14)16/h5-7,10,13-14H,1-4,8-9,16H2. The fourth-order valence-corrected chi connectivity index (χ4v) is 5.22. The molecule has 0 aromatic heterocycles. The van der Waals surface area contributed by atoms with Gasteiger partial charge in [-0.15, -0.1) is 0 Å². The van der Waals surface area contributed by atoms with Crippen molar-refractivity contribution in [2.45, 2.75) is 54.7 Å². The summed E-state index contributed by atoms with van der Waals surface area (Å²) in [6, 6.07) is 6.67. The van der Waals surface area contributed by atoms with Gasteiger partial charge in [0.2, 0.25) is 0 Å². The van der Waals surface area contributed by atoms with Crippen LogP contribution in [0.3, 0.4) is 0 Å². The first-order valence-electron chi connectivity index (χ1n) is 6.77. The average Bonchev–Trinajstić information content (AvgIpc) is 2.34. The van der Waals surface area contributed by atoms with Crippen molar-refractivity contribution in [2.24, 2.45) is 5.73 Å². The van der Waals surface area contributed by atoms with Gasteiger partial charge in [-0.2, -0.15) is 0 Å². The SMILES string of the molecule is NC1CCCCCCC1S(=O)(=O)c1cccc(Br)c1. The molecule has 0 amide bonds. The molecule has 2 unspecified atom stereocenters. The molecule has 2 N–H and O–H groups in total. The number of nitrogens with two attached hydrogens (primary N) is 1. The maximum Gasteiger partial charge on any atom is 0.182 e. The third-order valence-corrected chi connectivity index (χ3v) is 6.56. The minimum Gasteiger partial charge on any atom is -0.327 e. The van der Waals surface area contributed by atoms with Crippen molar-refractivity contribution in [3.63, 3.8) is 0 Å². The Hall–Kier alpha value is -0.390. The van der Waals surface area contributed by atoms with E-state index in [1.54, 1.807) is 18.2 Å². The molecule has 2 atom stereocenters. The van der Waals surface area contributed by atoms with Crippen molar-refractivity contribution >= 4 is 25.8 Å². The van der Waals surface area contributed by atoms with Crippen LogP contribution in [0.15, 0.2) is 33.6 Å². The zero-order chi connectivity index (χ0) is 13.9. The lowest BCUT2D eigenvalue weighted by atomic mass is 9.97. The molecule has 1 saturated carbocycles. The van der Waals surface area contributed by atoms with Crippen LogP contribution in [0.5, 0.6) is 0 Å². The average molecular weight is 346 g/mol. The summed E-state index contributed by atoms with van der Waals surface area (Å²) in [4.78, 5) is 0.378. The maximum absolute atomic E-state index is 12.7. The summed E-state index contributed by atoms with van der Waals surface area (Å²) >= 11 is 3.33. The Morgan fingerprint density at radius 1 is 1.11 bits per heavy atom. The van der Waals surface area contributed by atoms with Crippen LogP contribution in [0.25, 0.3) is 0 Å². The van der Waals surface area contributed by atoms with Gasteiger partial charge in [0.1, 0.15) is 0 Å². The fraction of sp³-hybridized carbons (Fsp3) is 0.571. The highest BCUT2D eigenvalue weighted by atomic mass is 79.9. The molecule has 1 fully saturated rings. The van der Waals surface area contributed by atoms with E-state index in [1.807, 2.05) is 6.07 Å². The van der Waals surface area contributed by atoms with Gasteiger partial charge >= 0.3 is 0 Å². The Bertz CT molecular complexity index is 530. The Morgan fingerprint density at radius 3 is 2.47 bits per heavy atom. The van der Waals surface area contributed by atoms with Gasteiger partial charge in [-0.3, -0.25) is 0 Å². The van der Waals surface area contributed by atoms with E-state index in [0.717, 1.165) is 36.6 Å². The topological polar surface area (TPSA) is 60.2 Å². The number of sulfone groups is 1. The molecule has 1 aromatic carbocycles. The predicted molar refractivity (Wildman–Crippen MR) is 80.8 cm³/mol. The molecular weight excluding hydrogens is 326 g/mol. The van der Waals surface area contributed by atoms with Gasteiger partial charge in [0, 0.05) is 10.5 Å². The van der Waals surface area contributed by atoms with E-state index in [1.165, 1.54) is 0 Å². The monoisotopic (exact) mass is 345 g/mol.